The number of halogens is 1. The minimum absolute atomic E-state index is 0.196. The van der Waals surface area contributed by atoms with E-state index in [0.717, 1.165) is 42.4 Å². The molecule has 2 N–H and O–H groups in total. The van der Waals surface area contributed by atoms with Crippen LogP contribution in [0.1, 0.15) is 53.4 Å². The Labute approximate surface area is 187 Å². The standard InChI is InChI=1S/C26H37ClO3/c1-21(2)13-7-5-6-8-16-24(28)20-19-23(4)25(27)17-11-9-14-22(3)15-10-12-18-26(29)30/h5-7,9-15,17-18,21,23-24,28H,8,16,19-20H2,1-4H3,(H,29,30)/b6-5+,11-9+,13-7+,15-10+,18-12+,22-14+,25-17-. The molecule has 0 spiro atoms. The molecule has 0 aromatic carbocycles. The van der Waals surface area contributed by atoms with E-state index < -0.39 is 5.97 Å². The van der Waals surface area contributed by atoms with Crippen LogP contribution in [0.2, 0.25) is 0 Å². The van der Waals surface area contributed by atoms with Gasteiger partial charge in [-0.15, -0.1) is 0 Å². The number of carboxylic acid groups (broad SMARTS) is 1. The summed E-state index contributed by atoms with van der Waals surface area (Å²) < 4.78 is 0. The zero-order chi connectivity index (χ0) is 22.8. The summed E-state index contributed by atoms with van der Waals surface area (Å²) in [5.74, 6) is -0.213. The van der Waals surface area contributed by atoms with Crippen LogP contribution in [-0.2, 0) is 4.79 Å². The molecule has 0 aliphatic rings. The first-order valence-electron chi connectivity index (χ1n) is 10.5. The van der Waals surface area contributed by atoms with Crippen LogP contribution in [0.5, 0.6) is 0 Å². The Bertz CT molecular complexity index is 691. The van der Waals surface area contributed by atoms with Crippen LogP contribution in [-0.4, -0.2) is 22.3 Å². The van der Waals surface area contributed by atoms with Gasteiger partial charge in [0.1, 0.15) is 0 Å². The van der Waals surface area contributed by atoms with Crippen molar-refractivity contribution >= 4 is 17.6 Å². The third-order valence-electron chi connectivity index (χ3n) is 4.25. The van der Waals surface area contributed by atoms with Crippen molar-refractivity contribution in [2.45, 2.75) is 59.5 Å². The summed E-state index contributed by atoms with van der Waals surface area (Å²) in [5.41, 5.74) is 0.996. The van der Waals surface area contributed by atoms with Crippen molar-refractivity contribution in [1.82, 2.24) is 0 Å². The van der Waals surface area contributed by atoms with Crippen LogP contribution in [0, 0.1) is 11.8 Å². The Morgan fingerprint density at radius 3 is 2.23 bits per heavy atom. The van der Waals surface area contributed by atoms with E-state index in [1.165, 1.54) is 6.08 Å². The van der Waals surface area contributed by atoms with Crippen molar-refractivity contribution in [3.63, 3.8) is 0 Å². The summed E-state index contributed by atoms with van der Waals surface area (Å²) >= 11 is 6.36. The Hall–Kier alpha value is -2.10. The topological polar surface area (TPSA) is 57.5 Å². The van der Waals surface area contributed by atoms with Gasteiger partial charge in [-0.05, 0) is 50.5 Å². The zero-order valence-electron chi connectivity index (χ0n) is 18.7. The predicted octanol–water partition coefficient (Wildman–Crippen LogP) is 7.13. The molecule has 0 radical (unpaired) electrons. The molecule has 0 aliphatic carbocycles. The molecule has 0 aromatic heterocycles. The smallest absolute Gasteiger partial charge is 0.328 e. The van der Waals surface area contributed by atoms with Crippen LogP contribution in [0.4, 0.5) is 0 Å². The quantitative estimate of drug-likeness (QED) is 0.226. The lowest BCUT2D eigenvalue weighted by Gasteiger charge is -2.13. The highest BCUT2D eigenvalue weighted by Crippen LogP contribution is 2.22. The van der Waals surface area contributed by atoms with Gasteiger partial charge in [0, 0.05) is 11.1 Å². The van der Waals surface area contributed by atoms with E-state index in [1.54, 1.807) is 6.08 Å². The summed E-state index contributed by atoms with van der Waals surface area (Å²) in [6.07, 6.45) is 24.9. The van der Waals surface area contributed by atoms with Crippen molar-refractivity contribution in [2.75, 3.05) is 0 Å². The first-order chi connectivity index (χ1) is 14.2. The highest BCUT2D eigenvalue weighted by atomic mass is 35.5. The predicted molar refractivity (Wildman–Crippen MR) is 130 cm³/mol. The lowest BCUT2D eigenvalue weighted by atomic mass is 10.00. The van der Waals surface area contributed by atoms with Crippen LogP contribution in [0.15, 0.2) is 83.5 Å². The third-order valence-corrected chi connectivity index (χ3v) is 4.75. The molecule has 4 heteroatoms. The second-order valence-corrected chi connectivity index (χ2v) is 8.11. The number of rotatable bonds is 14. The highest BCUT2D eigenvalue weighted by Gasteiger charge is 2.09. The number of hydrogen-bond acceptors (Lipinski definition) is 2. The van der Waals surface area contributed by atoms with Gasteiger partial charge in [-0.2, -0.15) is 0 Å². The lowest BCUT2D eigenvalue weighted by Crippen LogP contribution is -2.08. The van der Waals surface area contributed by atoms with E-state index in [0.29, 0.717) is 5.92 Å². The molecule has 2 atom stereocenters. The molecule has 2 unspecified atom stereocenters. The average Bonchev–Trinajstić information content (AvgIpc) is 2.68. The summed E-state index contributed by atoms with van der Waals surface area (Å²) in [6, 6.07) is 0. The zero-order valence-corrected chi connectivity index (χ0v) is 19.4. The second-order valence-electron chi connectivity index (χ2n) is 7.67. The Morgan fingerprint density at radius 2 is 1.57 bits per heavy atom. The highest BCUT2D eigenvalue weighted by molar-refractivity contribution is 6.29. The van der Waals surface area contributed by atoms with Crippen molar-refractivity contribution in [3.8, 4) is 0 Å². The van der Waals surface area contributed by atoms with Crippen LogP contribution in [0.25, 0.3) is 0 Å². The summed E-state index contributed by atoms with van der Waals surface area (Å²) in [5, 5.41) is 19.4. The first kappa shape index (κ1) is 27.9. The average molecular weight is 433 g/mol. The number of allylic oxidation sites excluding steroid dienone is 13. The fraction of sp³-hybridized carbons (Fsp3) is 0.423. The van der Waals surface area contributed by atoms with E-state index in [9.17, 15) is 9.90 Å². The Morgan fingerprint density at radius 1 is 0.900 bits per heavy atom. The molecule has 0 amide bonds. The second kappa shape index (κ2) is 17.7. The van der Waals surface area contributed by atoms with Gasteiger partial charge in [0.25, 0.3) is 0 Å². The number of carbonyl (C=O) groups is 1. The molecular formula is C26H37ClO3. The Kier molecular flexibility index (Phi) is 16.5. The van der Waals surface area contributed by atoms with Gasteiger partial charge in [-0.1, -0.05) is 98.7 Å². The monoisotopic (exact) mass is 432 g/mol. The van der Waals surface area contributed by atoms with Crippen molar-refractivity contribution in [3.05, 3.63) is 83.5 Å². The largest absolute Gasteiger partial charge is 0.478 e. The molecule has 0 rings (SSSR count). The molecule has 3 nitrogen and oxygen atoms in total. The molecule has 166 valence electrons. The minimum atomic E-state index is -0.964. The van der Waals surface area contributed by atoms with Crippen molar-refractivity contribution in [1.29, 1.82) is 0 Å². The van der Waals surface area contributed by atoms with Crippen LogP contribution >= 0.6 is 11.6 Å². The molecule has 0 aromatic rings. The molecule has 0 fully saturated rings. The fourth-order valence-electron chi connectivity index (χ4n) is 2.39. The minimum Gasteiger partial charge on any atom is -0.478 e. The van der Waals surface area contributed by atoms with E-state index in [4.69, 9.17) is 16.7 Å². The van der Waals surface area contributed by atoms with E-state index >= 15 is 0 Å². The molecule has 0 heterocycles. The first-order valence-corrected chi connectivity index (χ1v) is 10.9. The van der Waals surface area contributed by atoms with Gasteiger partial charge in [0.2, 0.25) is 0 Å². The van der Waals surface area contributed by atoms with Gasteiger partial charge in [0.05, 0.1) is 6.10 Å². The van der Waals surface area contributed by atoms with Gasteiger partial charge < -0.3 is 10.2 Å². The molecule has 30 heavy (non-hydrogen) atoms. The Balaban J connectivity index is 4.28. The van der Waals surface area contributed by atoms with Crippen LogP contribution in [0.3, 0.4) is 0 Å². The van der Waals surface area contributed by atoms with Gasteiger partial charge in [-0.3, -0.25) is 0 Å². The maximum Gasteiger partial charge on any atom is 0.328 e. The summed E-state index contributed by atoms with van der Waals surface area (Å²) in [6.45, 7) is 8.28. The number of aliphatic carboxylic acids is 1. The lowest BCUT2D eigenvalue weighted by molar-refractivity contribution is -0.131. The van der Waals surface area contributed by atoms with Crippen molar-refractivity contribution < 1.29 is 15.0 Å². The van der Waals surface area contributed by atoms with Crippen LogP contribution < -0.4 is 0 Å². The van der Waals surface area contributed by atoms with E-state index in [-0.39, 0.29) is 12.0 Å². The van der Waals surface area contributed by atoms with Gasteiger partial charge in [-0.25, -0.2) is 4.79 Å². The number of carboxylic acids is 1. The summed E-state index contributed by atoms with van der Waals surface area (Å²) in [4.78, 5) is 10.4. The molecular weight excluding hydrogens is 396 g/mol. The number of hydrogen-bond donors (Lipinski definition) is 2. The molecule has 0 bridgehead atoms. The van der Waals surface area contributed by atoms with E-state index in [2.05, 4.69) is 39.0 Å². The van der Waals surface area contributed by atoms with Crippen molar-refractivity contribution in [2.24, 2.45) is 11.8 Å². The molecule has 0 saturated carbocycles. The summed E-state index contributed by atoms with van der Waals surface area (Å²) in [7, 11) is 0. The maximum absolute atomic E-state index is 10.4. The van der Waals surface area contributed by atoms with Gasteiger partial charge in [0.15, 0.2) is 0 Å². The normalized spacial score (nSPS) is 16.2. The number of aliphatic hydroxyl groups is 1. The fourth-order valence-corrected chi connectivity index (χ4v) is 2.58. The number of aliphatic hydroxyl groups excluding tert-OH is 1. The SMILES string of the molecule is CC(/C=C/C=C/C(=O)O)=C\C=C\C=C(/Cl)C(C)CCC(O)CC/C=C/C=C/C(C)C. The van der Waals surface area contributed by atoms with Gasteiger partial charge >= 0.3 is 5.97 Å². The molecule has 0 saturated heterocycles. The molecule has 0 aliphatic heterocycles. The van der Waals surface area contributed by atoms with E-state index in [1.807, 2.05) is 43.4 Å². The maximum atomic E-state index is 10.4. The third kappa shape index (κ3) is 18.0.